The zero-order valence-electron chi connectivity index (χ0n) is 14.8. The summed E-state index contributed by atoms with van der Waals surface area (Å²) in [6, 6.07) is 8.90. The van der Waals surface area contributed by atoms with Gasteiger partial charge in [0.05, 0.1) is 9.82 Å². The van der Waals surface area contributed by atoms with Crippen molar-refractivity contribution in [1.82, 2.24) is 4.31 Å². The molecule has 8 nitrogen and oxygen atoms in total. The molecule has 1 amide bonds. The number of anilines is 1. The number of benzene rings is 2. The molecule has 9 heteroatoms. The topological polar surface area (TPSA) is 110 Å². The van der Waals surface area contributed by atoms with Crippen LogP contribution in [0, 0.1) is 24.0 Å². The van der Waals surface area contributed by atoms with Gasteiger partial charge in [-0.05, 0) is 37.6 Å². The Balaban J connectivity index is 2.44. The molecule has 0 aliphatic carbocycles. The van der Waals surface area contributed by atoms with Crippen molar-refractivity contribution in [3.8, 4) is 0 Å². The summed E-state index contributed by atoms with van der Waals surface area (Å²) in [6.45, 7) is 3.19. The number of hydrogen-bond donors (Lipinski definition) is 1. The van der Waals surface area contributed by atoms with Crippen LogP contribution >= 0.6 is 0 Å². The van der Waals surface area contributed by atoms with Crippen LogP contribution in [-0.4, -0.2) is 37.6 Å². The summed E-state index contributed by atoms with van der Waals surface area (Å²) < 4.78 is 25.8. The normalized spacial score (nSPS) is 11.4. The second-order valence-electron chi connectivity index (χ2n) is 5.95. The number of nitrogens with zero attached hydrogens (tertiary/aromatic N) is 2. The molecule has 138 valence electrons. The SMILES string of the molecule is Cc1ccc(NC(=O)c2cccc(C)c2[N+](=O)[O-])cc1S(=O)(=O)N(C)C. The first-order valence-corrected chi connectivity index (χ1v) is 9.08. The van der Waals surface area contributed by atoms with Crippen LogP contribution in [0.2, 0.25) is 0 Å². The molecule has 0 unspecified atom stereocenters. The van der Waals surface area contributed by atoms with E-state index in [9.17, 15) is 23.3 Å². The third-order valence-electron chi connectivity index (χ3n) is 3.87. The van der Waals surface area contributed by atoms with Crippen molar-refractivity contribution >= 4 is 27.3 Å². The summed E-state index contributed by atoms with van der Waals surface area (Å²) in [6.07, 6.45) is 0. The minimum absolute atomic E-state index is 0.0547. The number of hydrogen-bond acceptors (Lipinski definition) is 5. The number of aryl methyl sites for hydroxylation is 2. The molecule has 0 spiro atoms. The van der Waals surface area contributed by atoms with Crippen molar-refractivity contribution < 1.29 is 18.1 Å². The zero-order valence-corrected chi connectivity index (χ0v) is 15.6. The summed E-state index contributed by atoms with van der Waals surface area (Å²) in [5, 5.41) is 13.8. The van der Waals surface area contributed by atoms with Crippen LogP contribution in [-0.2, 0) is 10.0 Å². The molecule has 0 aromatic heterocycles. The largest absolute Gasteiger partial charge is 0.322 e. The number of para-hydroxylation sites is 1. The van der Waals surface area contributed by atoms with Gasteiger partial charge in [-0.3, -0.25) is 14.9 Å². The number of nitro benzene ring substituents is 1. The van der Waals surface area contributed by atoms with Gasteiger partial charge in [0.1, 0.15) is 5.56 Å². The lowest BCUT2D eigenvalue weighted by molar-refractivity contribution is -0.385. The van der Waals surface area contributed by atoms with Crippen molar-refractivity contribution in [3.63, 3.8) is 0 Å². The first kappa shape index (κ1) is 19.5. The van der Waals surface area contributed by atoms with Crippen LogP contribution in [0.3, 0.4) is 0 Å². The lowest BCUT2D eigenvalue weighted by Gasteiger charge is -2.15. The van der Waals surface area contributed by atoms with E-state index in [-0.39, 0.29) is 21.8 Å². The van der Waals surface area contributed by atoms with E-state index in [0.717, 1.165) is 4.31 Å². The third kappa shape index (κ3) is 3.73. The first-order valence-electron chi connectivity index (χ1n) is 7.64. The number of amides is 1. The molecule has 2 rings (SSSR count). The molecule has 0 saturated carbocycles. The number of rotatable bonds is 5. The lowest BCUT2D eigenvalue weighted by atomic mass is 10.1. The molecule has 26 heavy (non-hydrogen) atoms. The van der Waals surface area contributed by atoms with E-state index in [4.69, 9.17) is 0 Å². The van der Waals surface area contributed by atoms with Crippen LogP contribution in [0.1, 0.15) is 21.5 Å². The van der Waals surface area contributed by atoms with Crippen LogP contribution in [0.15, 0.2) is 41.3 Å². The summed E-state index contributed by atoms with van der Waals surface area (Å²) in [7, 11) is -0.859. The van der Waals surface area contributed by atoms with Gasteiger partial charge in [-0.2, -0.15) is 0 Å². The quantitative estimate of drug-likeness (QED) is 0.636. The maximum Gasteiger partial charge on any atom is 0.285 e. The van der Waals surface area contributed by atoms with Crippen molar-refractivity contribution in [2.45, 2.75) is 18.7 Å². The van der Waals surface area contributed by atoms with Gasteiger partial charge >= 0.3 is 0 Å². The lowest BCUT2D eigenvalue weighted by Crippen LogP contribution is -2.23. The molecule has 0 bridgehead atoms. The Morgan fingerprint density at radius 1 is 1.12 bits per heavy atom. The number of nitrogens with one attached hydrogen (secondary N) is 1. The predicted octanol–water partition coefficient (Wildman–Crippen LogP) is 2.71. The highest BCUT2D eigenvalue weighted by atomic mass is 32.2. The Morgan fingerprint density at radius 3 is 2.35 bits per heavy atom. The summed E-state index contributed by atoms with van der Waals surface area (Å²) >= 11 is 0. The average molecular weight is 377 g/mol. The second kappa shape index (κ2) is 7.22. The molecule has 0 heterocycles. The van der Waals surface area contributed by atoms with Crippen molar-refractivity contribution in [2.24, 2.45) is 0 Å². The van der Waals surface area contributed by atoms with Gasteiger partial charge < -0.3 is 5.32 Å². The van der Waals surface area contributed by atoms with Gasteiger partial charge in [0.25, 0.3) is 11.6 Å². The minimum Gasteiger partial charge on any atom is -0.322 e. The van der Waals surface area contributed by atoms with E-state index in [1.165, 1.54) is 26.2 Å². The average Bonchev–Trinajstić information content (AvgIpc) is 2.55. The van der Waals surface area contributed by atoms with Gasteiger partial charge in [0.2, 0.25) is 10.0 Å². The predicted molar refractivity (Wildman–Crippen MR) is 97.8 cm³/mol. The fourth-order valence-corrected chi connectivity index (χ4v) is 3.58. The van der Waals surface area contributed by atoms with E-state index >= 15 is 0 Å². The van der Waals surface area contributed by atoms with E-state index in [2.05, 4.69) is 5.32 Å². The number of carbonyl (C=O) groups excluding carboxylic acids is 1. The van der Waals surface area contributed by atoms with Crippen LogP contribution < -0.4 is 5.32 Å². The Bertz CT molecular complexity index is 984. The van der Waals surface area contributed by atoms with Crippen molar-refractivity contribution in [1.29, 1.82) is 0 Å². The molecule has 0 fully saturated rings. The molecule has 0 atom stereocenters. The first-order chi connectivity index (χ1) is 12.1. The number of nitro groups is 1. The van der Waals surface area contributed by atoms with E-state index in [0.29, 0.717) is 11.1 Å². The highest BCUT2D eigenvalue weighted by Gasteiger charge is 2.24. The van der Waals surface area contributed by atoms with Crippen LogP contribution in [0.4, 0.5) is 11.4 Å². The fourth-order valence-electron chi connectivity index (χ4n) is 2.44. The van der Waals surface area contributed by atoms with E-state index in [1.807, 2.05) is 0 Å². The van der Waals surface area contributed by atoms with Crippen LogP contribution in [0.5, 0.6) is 0 Å². The maximum absolute atomic E-state index is 12.5. The Kier molecular flexibility index (Phi) is 5.43. The number of sulfonamides is 1. The molecule has 0 saturated heterocycles. The van der Waals surface area contributed by atoms with Gasteiger partial charge in [0.15, 0.2) is 0 Å². The van der Waals surface area contributed by atoms with Gasteiger partial charge in [-0.15, -0.1) is 0 Å². The molecule has 2 aromatic carbocycles. The molecular formula is C17H19N3O5S. The van der Waals surface area contributed by atoms with Gasteiger partial charge in [-0.1, -0.05) is 18.2 Å². The molecule has 1 N–H and O–H groups in total. The van der Waals surface area contributed by atoms with E-state index < -0.39 is 20.9 Å². The monoisotopic (exact) mass is 377 g/mol. The highest BCUT2D eigenvalue weighted by Crippen LogP contribution is 2.26. The van der Waals surface area contributed by atoms with Crippen molar-refractivity contribution in [3.05, 3.63) is 63.2 Å². The molecule has 0 aliphatic rings. The molecule has 2 aromatic rings. The van der Waals surface area contributed by atoms with Gasteiger partial charge in [-0.25, -0.2) is 12.7 Å². The smallest absolute Gasteiger partial charge is 0.285 e. The summed E-state index contributed by atoms with van der Waals surface area (Å²) in [5.41, 5.74) is 0.753. The Labute approximate surface area is 151 Å². The molecule has 0 aliphatic heterocycles. The molecular weight excluding hydrogens is 358 g/mol. The molecule has 0 radical (unpaired) electrons. The van der Waals surface area contributed by atoms with Crippen LogP contribution in [0.25, 0.3) is 0 Å². The van der Waals surface area contributed by atoms with Gasteiger partial charge in [0, 0.05) is 25.3 Å². The number of carbonyl (C=O) groups is 1. The maximum atomic E-state index is 12.5. The second-order valence-corrected chi connectivity index (χ2v) is 8.07. The summed E-state index contributed by atoms with van der Waals surface area (Å²) in [5.74, 6) is -0.683. The zero-order chi connectivity index (χ0) is 19.6. The van der Waals surface area contributed by atoms with Crippen molar-refractivity contribution in [2.75, 3.05) is 19.4 Å². The Morgan fingerprint density at radius 2 is 1.77 bits per heavy atom. The standard InChI is InChI=1S/C17H19N3O5S/c1-11-8-9-13(10-15(11)26(24,25)19(3)4)18-17(21)14-7-5-6-12(2)16(14)20(22)23/h5-10H,1-4H3,(H,18,21). The minimum atomic E-state index is -3.69. The fraction of sp³-hybridized carbons (Fsp3) is 0.235. The third-order valence-corrected chi connectivity index (χ3v) is 5.83. The Hall–Kier alpha value is -2.78. The summed E-state index contributed by atoms with van der Waals surface area (Å²) in [4.78, 5) is 23.2. The van der Waals surface area contributed by atoms with E-state index in [1.54, 1.807) is 38.1 Å². The highest BCUT2D eigenvalue weighted by molar-refractivity contribution is 7.89.